The van der Waals surface area contributed by atoms with Gasteiger partial charge in [0.15, 0.2) is 0 Å². The van der Waals surface area contributed by atoms with Crippen LogP contribution < -0.4 is 5.32 Å². The lowest BCUT2D eigenvalue weighted by Gasteiger charge is -2.16. The molecular weight excluding hydrogens is 240 g/mol. The standard InChI is InChI=1S/C14H22N4O/c1-4-9-18-12(10-16-17-18)14(15-6-3)13-8-7-11(5-2)19-13/h7-8,10,14-15H,4-6,9H2,1-3H3. The van der Waals surface area contributed by atoms with Gasteiger partial charge in [-0.2, -0.15) is 0 Å². The first-order valence-corrected chi connectivity index (χ1v) is 7.00. The SMILES string of the molecule is CCCn1nncc1C(NCC)c1ccc(CC)o1. The topological polar surface area (TPSA) is 55.9 Å². The number of nitrogens with one attached hydrogen (secondary N) is 1. The lowest BCUT2D eigenvalue weighted by Crippen LogP contribution is -2.24. The lowest BCUT2D eigenvalue weighted by atomic mass is 10.1. The molecule has 1 N–H and O–H groups in total. The number of nitrogens with zero attached hydrogens (tertiary/aromatic N) is 3. The Morgan fingerprint density at radius 3 is 2.79 bits per heavy atom. The molecule has 104 valence electrons. The van der Waals surface area contributed by atoms with Crippen molar-refractivity contribution in [2.24, 2.45) is 0 Å². The van der Waals surface area contributed by atoms with Crippen LogP contribution in [0.4, 0.5) is 0 Å². The van der Waals surface area contributed by atoms with Crippen LogP contribution >= 0.6 is 0 Å². The second-order valence-electron chi connectivity index (χ2n) is 4.53. The summed E-state index contributed by atoms with van der Waals surface area (Å²) in [6.45, 7) is 8.05. The molecule has 0 aliphatic heterocycles. The molecule has 2 aromatic rings. The summed E-state index contributed by atoms with van der Waals surface area (Å²) in [6, 6.07) is 4.09. The highest BCUT2D eigenvalue weighted by molar-refractivity contribution is 5.20. The predicted molar refractivity (Wildman–Crippen MR) is 73.9 cm³/mol. The van der Waals surface area contributed by atoms with E-state index in [2.05, 4.69) is 36.4 Å². The maximum absolute atomic E-state index is 5.87. The summed E-state index contributed by atoms with van der Waals surface area (Å²) in [7, 11) is 0. The fraction of sp³-hybridized carbons (Fsp3) is 0.571. The minimum atomic E-state index is 0.0202. The van der Waals surface area contributed by atoms with E-state index in [0.717, 1.165) is 43.1 Å². The third kappa shape index (κ3) is 3.04. The fourth-order valence-corrected chi connectivity index (χ4v) is 2.17. The Morgan fingerprint density at radius 2 is 2.16 bits per heavy atom. The van der Waals surface area contributed by atoms with E-state index in [1.807, 2.05) is 23.0 Å². The molecule has 19 heavy (non-hydrogen) atoms. The van der Waals surface area contributed by atoms with E-state index in [0.29, 0.717) is 0 Å². The van der Waals surface area contributed by atoms with Gasteiger partial charge in [-0.25, -0.2) is 4.68 Å². The van der Waals surface area contributed by atoms with Gasteiger partial charge < -0.3 is 9.73 Å². The average Bonchev–Trinajstić information content (AvgIpc) is 3.05. The van der Waals surface area contributed by atoms with Crippen LogP contribution in [0.25, 0.3) is 0 Å². The highest BCUT2D eigenvalue weighted by atomic mass is 16.3. The summed E-state index contributed by atoms with van der Waals surface area (Å²) in [6.07, 6.45) is 3.76. The van der Waals surface area contributed by atoms with Crippen molar-refractivity contribution in [2.45, 2.75) is 46.2 Å². The summed E-state index contributed by atoms with van der Waals surface area (Å²) in [5.74, 6) is 1.94. The number of furan rings is 1. The Morgan fingerprint density at radius 1 is 1.32 bits per heavy atom. The van der Waals surface area contributed by atoms with Crippen molar-refractivity contribution in [2.75, 3.05) is 6.54 Å². The Kier molecular flexibility index (Phi) is 4.74. The molecule has 0 spiro atoms. The molecular formula is C14H22N4O. The molecule has 0 saturated carbocycles. The van der Waals surface area contributed by atoms with E-state index < -0.39 is 0 Å². The quantitative estimate of drug-likeness (QED) is 0.833. The molecule has 0 saturated heterocycles. The smallest absolute Gasteiger partial charge is 0.127 e. The van der Waals surface area contributed by atoms with Gasteiger partial charge in [0.1, 0.15) is 17.6 Å². The Labute approximate surface area is 114 Å². The van der Waals surface area contributed by atoms with Crippen LogP contribution in [0.15, 0.2) is 22.7 Å². The van der Waals surface area contributed by atoms with E-state index in [1.165, 1.54) is 0 Å². The van der Waals surface area contributed by atoms with E-state index in [9.17, 15) is 0 Å². The summed E-state index contributed by atoms with van der Waals surface area (Å²) in [5, 5.41) is 11.6. The minimum absolute atomic E-state index is 0.0202. The Bertz CT molecular complexity index is 503. The van der Waals surface area contributed by atoms with Gasteiger partial charge >= 0.3 is 0 Å². The normalized spacial score (nSPS) is 12.8. The van der Waals surface area contributed by atoms with Crippen molar-refractivity contribution in [3.05, 3.63) is 35.5 Å². The lowest BCUT2D eigenvalue weighted by molar-refractivity contribution is 0.408. The highest BCUT2D eigenvalue weighted by Gasteiger charge is 2.21. The largest absolute Gasteiger partial charge is 0.464 e. The van der Waals surface area contributed by atoms with Gasteiger partial charge in [0.05, 0.1) is 11.9 Å². The number of aryl methyl sites for hydroxylation is 2. The second-order valence-corrected chi connectivity index (χ2v) is 4.53. The van der Waals surface area contributed by atoms with Crippen molar-refractivity contribution in [1.82, 2.24) is 20.3 Å². The van der Waals surface area contributed by atoms with Gasteiger partial charge in [-0.1, -0.05) is 26.0 Å². The fourth-order valence-electron chi connectivity index (χ4n) is 2.17. The molecule has 0 radical (unpaired) electrons. The van der Waals surface area contributed by atoms with Gasteiger partial charge in [0.25, 0.3) is 0 Å². The third-order valence-electron chi connectivity index (χ3n) is 3.10. The first-order valence-electron chi connectivity index (χ1n) is 7.00. The van der Waals surface area contributed by atoms with E-state index in [1.54, 1.807) is 0 Å². The van der Waals surface area contributed by atoms with Crippen molar-refractivity contribution in [3.63, 3.8) is 0 Å². The van der Waals surface area contributed by atoms with Crippen LogP contribution in [0.3, 0.4) is 0 Å². The summed E-state index contributed by atoms with van der Waals surface area (Å²) >= 11 is 0. The average molecular weight is 262 g/mol. The molecule has 0 aromatic carbocycles. The minimum Gasteiger partial charge on any atom is -0.464 e. The first-order chi connectivity index (χ1) is 9.30. The van der Waals surface area contributed by atoms with Gasteiger partial charge in [0, 0.05) is 13.0 Å². The van der Waals surface area contributed by atoms with Crippen LogP contribution in [0.1, 0.15) is 50.4 Å². The van der Waals surface area contributed by atoms with Crippen molar-refractivity contribution < 1.29 is 4.42 Å². The zero-order valence-electron chi connectivity index (χ0n) is 11.9. The zero-order chi connectivity index (χ0) is 13.7. The molecule has 5 heteroatoms. The third-order valence-corrected chi connectivity index (χ3v) is 3.10. The molecule has 0 fully saturated rings. The van der Waals surface area contributed by atoms with Crippen LogP contribution in [-0.4, -0.2) is 21.5 Å². The zero-order valence-corrected chi connectivity index (χ0v) is 11.9. The van der Waals surface area contributed by atoms with Crippen molar-refractivity contribution >= 4 is 0 Å². The Hall–Kier alpha value is -1.62. The van der Waals surface area contributed by atoms with Crippen LogP contribution in [0, 0.1) is 0 Å². The maximum Gasteiger partial charge on any atom is 0.127 e. The Balaban J connectivity index is 2.30. The number of aromatic nitrogens is 3. The molecule has 2 aromatic heterocycles. The number of hydrogen-bond donors (Lipinski definition) is 1. The maximum atomic E-state index is 5.87. The molecule has 0 aliphatic carbocycles. The molecule has 1 atom stereocenters. The second kappa shape index (κ2) is 6.52. The van der Waals surface area contributed by atoms with Gasteiger partial charge in [-0.05, 0) is 25.1 Å². The van der Waals surface area contributed by atoms with Gasteiger partial charge in [-0.15, -0.1) is 5.10 Å². The molecule has 5 nitrogen and oxygen atoms in total. The molecule has 1 unspecified atom stereocenters. The predicted octanol–water partition coefficient (Wildman–Crippen LogP) is 2.54. The summed E-state index contributed by atoms with van der Waals surface area (Å²) in [4.78, 5) is 0. The van der Waals surface area contributed by atoms with Gasteiger partial charge in [-0.3, -0.25) is 0 Å². The number of rotatable bonds is 7. The van der Waals surface area contributed by atoms with E-state index in [-0.39, 0.29) is 6.04 Å². The molecule has 0 amide bonds. The van der Waals surface area contributed by atoms with E-state index >= 15 is 0 Å². The van der Waals surface area contributed by atoms with Crippen LogP contribution in [0.2, 0.25) is 0 Å². The van der Waals surface area contributed by atoms with Crippen LogP contribution in [-0.2, 0) is 13.0 Å². The van der Waals surface area contributed by atoms with E-state index in [4.69, 9.17) is 4.42 Å². The molecule has 2 rings (SSSR count). The highest BCUT2D eigenvalue weighted by Crippen LogP contribution is 2.23. The van der Waals surface area contributed by atoms with Crippen molar-refractivity contribution in [3.8, 4) is 0 Å². The number of hydrogen-bond acceptors (Lipinski definition) is 4. The monoisotopic (exact) mass is 262 g/mol. The summed E-state index contributed by atoms with van der Waals surface area (Å²) < 4.78 is 7.82. The van der Waals surface area contributed by atoms with Crippen LogP contribution in [0.5, 0.6) is 0 Å². The summed E-state index contributed by atoms with van der Waals surface area (Å²) in [5.41, 5.74) is 1.06. The first kappa shape index (κ1) is 13.8. The molecule has 2 heterocycles. The van der Waals surface area contributed by atoms with Gasteiger partial charge in [0.2, 0.25) is 0 Å². The molecule has 0 bridgehead atoms. The molecule has 0 aliphatic rings. The van der Waals surface area contributed by atoms with Crippen molar-refractivity contribution in [1.29, 1.82) is 0 Å².